The van der Waals surface area contributed by atoms with Crippen molar-refractivity contribution in [1.29, 1.82) is 0 Å². The van der Waals surface area contributed by atoms with Gasteiger partial charge >= 0.3 is 0 Å². The third-order valence-electron chi connectivity index (χ3n) is 3.49. The van der Waals surface area contributed by atoms with Crippen LogP contribution in [0.25, 0.3) is 0 Å². The van der Waals surface area contributed by atoms with Crippen LogP contribution >= 0.6 is 0 Å². The third-order valence-corrected chi connectivity index (χ3v) is 3.49. The third kappa shape index (κ3) is 2.63. The maximum Gasteiger partial charge on any atom is 0.161 e. The van der Waals surface area contributed by atoms with Crippen LogP contribution in [0.2, 0.25) is 0 Å². The Morgan fingerprint density at radius 3 is 2.95 bits per heavy atom. The average molecular weight is 273 g/mol. The Kier molecular flexibility index (Phi) is 3.60. The van der Waals surface area contributed by atoms with E-state index in [9.17, 15) is 0 Å². The summed E-state index contributed by atoms with van der Waals surface area (Å²) in [5.74, 6) is 1.55. The van der Waals surface area contributed by atoms with E-state index in [2.05, 4.69) is 12.0 Å². The summed E-state index contributed by atoms with van der Waals surface area (Å²) in [6.07, 6.45) is 4.49. The summed E-state index contributed by atoms with van der Waals surface area (Å²) in [5.41, 5.74) is 7.37. The number of hydrogen-bond acceptors (Lipinski definition) is 4. The topological polar surface area (TPSA) is 62.3 Å². The molecule has 106 valence electrons. The zero-order valence-electron chi connectivity index (χ0n) is 11.5. The maximum absolute atomic E-state index is 6.25. The molecule has 0 radical (unpaired) electrons. The lowest BCUT2D eigenvalue weighted by atomic mass is 10.0. The quantitative estimate of drug-likeness (QED) is 0.919. The molecule has 2 unspecified atom stereocenters. The highest BCUT2D eigenvalue weighted by Gasteiger charge is 2.26. The summed E-state index contributed by atoms with van der Waals surface area (Å²) in [5, 5.41) is 4.26. The Labute approximate surface area is 118 Å². The molecule has 0 fully saturated rings. The molecule has 1 aliphatic heterocycles. The molecule has 0 spiro atoms. The van der Waals surface area contributed by atoms with Crippen molar-refractivity contribution in [3.8, 4) is 11.5 Å². The second kappa shape index (κ2) is 5.54. The minimum Gasteiger partial charge on any atom is -0.486 e. The Hall–Kier alpha value is -2.01. The first-order chi connectivity index (χ1) is 9.76. The van der Waals surface area contributed by atoms with E-state index in [0.717, 1.165) is 30.0 Å². The minimum absolute atomic E-state index is 0.113. The average Bonchev–Trinajstić information content (AvgIpc) is 2.94. The van der Waals surface area contributed by atoms with E-state index in [0.29, 0.717) is 6.61 Å². The smallest absolute Gasteiger partial charge is 0.161 e. The largest absolute Gasteiger partial charge is 0.486 e. The number of nitrogens with zero attached hydrogens (tertiary/aromatic N) is 2. The molecule has 0 saturated heterocycles. The van der Waals surface area contributed by atoms with Crippen molar-refractivity contribution in [2.24, 2.45) is 5.73 Å². The van der Waals surface area contributed by atoms with Gasteiger partial charge in [0.15, 0.2) is 11.5 Å². The Balaban J connectivity index is 1.65. The fourth-order valence-corrected chi connectivity index (χ4v) is 2.34. The lowest BCUT2D eigenvalue weighted by Crippen LogP contribution is -2.46. The van der Waals surface area contributed by atoms with Crippen molar-refractivity contribution in [2.45, 2.75) is 32.0 Å². The molecule has 5 heteroatoms. The van der Waals surface area contributed by atoms with Gasteiger partial charge in [-0.05, 0) is 31.0 Å². The number of aryl methyl sites for hydroxylation is 1. The van der Waals surface area contributed by atoms with Crippen LogP contribution in [0.1, 0.15) is 12.5 Å². The molecule has 0 amide bonds. The van der Waals surface area contributed by atoms with Gasteiger partial charge < -0.3 is 15.2 Å². The molecule has 2 atom stereocenters. The van der Waals surface area contributed by atoms with Crippen LogP contribution in [-0.4, -0.2) is 28.5 Å². The second-order valence-corrected chi connectivity index (χ2v) is 4.99. The molecule has 2 aromatic rings. The summed E-state index contributed by atoms with van der Waals surface area (Å²) in [6, 6.07) is 7.56. The van der Waals surface area contributed by atoms with Gasteiger partial charge in [-0.3, -0.25) is 4.68 Å². The van der Waals surface area contributed by atoms with Crippen molar-refractivity contribution in [3.63, 3.8) is 0 Å². The van der Waals surface area contributed by atoms with Crippen molar-refractivity contribution in [1.82, 2.24) is 9.78 Å². The van der Waals surface area contributed by atoms with Crippen LogP contribution in [0.3, 0.4) is 0 Å². The lowest BCUT2D eigenvalue weighted by Gasteiger charge is -2.30. The highest BCUT2D eigenvalue weighted by molar-refractivity contribution is 5.40. The van der Waals surface area contributed by atoms with E-state index in [1.165, 1.54) is 0 Å². The maximum atomic E-state index is 6.25. The first kappa shape index (κ1) is 13.0. The molecule has 1 aromatic carbocycles. The lowest BCUT2D eigenvalue weighted by molar-refractivity contribution is 0.0723. The van der Waals surface area contributed by atoms with Crippen LogP contribution in [-0.2, 0) is 13.0 Å². The molecule has 1 aromatic heterocycles. The summed E-state index contributed by atoms with van der Waals surface area (Å²) < 4.78 is 13.5. The van der Waals surface area contributed by atoms with Gasteiger partial charge in [0.2, 0.25) is 0 Å². The predicted octanol–water partition coefficient (Wildman–Crippen LogP) is 1.61. The Morgan fingerprint density at radius 1 is 1.40 bits per heavy atom. The monoisotopic (exact) mass is 273 g/mol. The van der Waals surface area contributed by atoms with E-state index >= 15 is 0 Å². The number of benzene rings is 1. The van der Waals surface area contributed by atoms with Crippen LogP contribution < -0.4 is 15.2 Å². The molecule has 0 aliphatic carbocycles. The molecule has 2 heterocycles. The highest BCUT2D eigenvalue weighted by Crippen LogP contribution is 2.31. The van der Waals surface area contributed by atoms with Crippen molar-refractivity contribution >= 4 is 0 Å². The summed E-state index contributed by atoms with van der Waals surface area (Å²) >= 11 is 0. The fourth-order valence-electron chi connectivity index (χ4n) is 2.34. The number of ether oxygens (including phenoxy) is 2. The molecule has 3 rings (SSSR count). The first-order valence-corrected chi connectivity index (χ1v) is 6.91. The number of aromatic nitrogens is 2. The van der Waals surface area contributed by atoms with Gasteiger partial charge in [0.05, 0.1) is 6.20 Å². The van der Waals surface area contributed by atoms with E-state index < -0.39 is 0 Å². The van der Waals surface area contributed by atoms with Crippen LogP contribution in [0, 0.1) is 0 Å². The fraction of sp³-hybridized carbons (Fsp3) is 0.400. The molecule has 2 N–H and O–H groups in total. The predicted molar refractivity (Wildman–Crippen MR) is 75.9 cm³/mol. The van der Waals surface area contributed by atoms with Crippen molar-refractivity contribution in [2.75, 3.05) is 6.61 Å². The molecule has 1 aliphatic rings. The number of para-hydroxylation sites is 2. The molecule has 0 saturated carbocycles. The van der Waals surface area contributed by atoms with Gasteiger partial charge in [0.1, 0.15) is 12.7 Å². The van der Waals surface area contributed by atoms with Gasteiger partial charge in [-0.25, -0.2) is 0 Å². The number of hydrogen-bond donors (Lipinski definition) is 1. The SMILES string of the molecule is CCn1cc(CC(N)C2COc3ccccc3O2)cn1. The molecule has 20 heavy (non-hydrogen) atoms. The Bertz CT molecular complexity index is 582. The molecule has 5 nitrogen and oxygen atoms in total. The van der Waals surface area contributed by atoms with Gasteiger partial charge in [0.25, 0.3) is 0 Å². The second-order valence-electron chi connectivity index (χ2n) is 4.99. The van der Waals surface area contributed by atoms with E-state index in [1.807, 2.05) is 41.3 Å². The van der Waals surface area contributed by atoms with Gasteiger partial charge in [0, 0.05) is 18.8 Å². The summed E-state index contributed by atoms with van der Waals surface area (Å²) in [7, 11) is 0. The number of rotatable bonds is 4. The van der Waals surface area contributed by atoms with Gasteiger partial charge in [-0.1, -0.05) is 12.1 Å². The first-order valence-electron chi connectivity index (χ1n) is 6.91. The molecular formula is C15H19N3O2. The van der Waals surface area contributed by atoms with Crippen molar-refractivity contribution < 1.29 is 9.47 Å². The van der Waals surface area contributed by atoms with E-state index in [1.54, 1.807) is 0 Å². The number of nitrogens with two attached hydrogens (primary N) is 1. The van der Waals surface area contributed by atoms with Crippen LogP contribution in [0.5, 0.6) is 11.5 Å². The zero-order chi connectivity index (χ0) is 13.9. The normalized spacial score (nSPS) is 18.8. The van der Waals surface area contributed by atoms with E-state index in [-0.39, 0.29) is 12.1 Å². The van der Waals surface area contributed by atoms with Crippen molar-refractivity contribution in [3.05, 3.63) is 42.2 Å². The van der Waals surface area contributed by atoms with Gasteiger partial charge in [-0.2, -0.15) is 5.10 Å². The molecular weight excluding hydrogens is 254 g/mol. The number of fused-ring (bicyclic) bond motifs is 1. The van der Waals surface area contributed by atoms with E-state index in [4.69, 9.17) is 15.2 Å². The minimum atomic E-state index is -0.130. The molecule has 0 bridgehead atoms. The van der Waals surface area contributed by atoms with Crippen LogP contribution in [0.4, 0.5) is 0 Å². The summed E-state index contributed by atoms with van der Waals surface area (Å²) in [6.45, 7) is 3.41. The Morgan fingerprint density at radius 2 is 2.20 bits per heavy atom. The van der Waals surface area contributed by atoms with Gasteiger partial charge in [-0.15, -0.1) is 0 Å². The standard InChI is InChI=1S/C15H19N3O2/c1-2-18-9-11(8-17-18)7-12(16)15-10-19-13-5-3-4-6-14(13)20-15/h3-6,8-9,12,15H,2,7,10,16H2,1H3. The summed E-state index contributed by atoms with van der Waals surface area (Å²) in [4.78, 5) is 0. The van der Waals surface area contributed by atoms with Crippen LogP contribution in [0.15, 0.2) is 36.7 Å². The zero-order valence-corrected chi connectivity index (χ0v) is 11.5. The highest BCUT2D eigenvalue weighted by atomic mass is 16.6.